The second-order valence-electron chi connectivity index (χ2n) is 4.43. The molecule has 0 aliphatic heterocycles. The second-order valence-corrected chi connectivity index (χ2v) is 5.43. The molecule has 0 fully saturated rings. The number of thiophene rings is 1. The Kier molecular flexibility index (Phi) is 5.09. The molecule has 3 nitrogen and oxygen atoms in total. The lowest BCUT2D eigenvalue weighted by molar-refractivity contribution is 0.0786. The Bertz CT molecular complexity index is 682. The fourth-order valence-electron chi connectivity index (χ4n) is 1.79. The van der Waals surface area contributed by atoms with Gasteiger partial charge in [-0.25, -0.2) is 4.39 Å². The summed E-state index contributed by atoms with van der Waals surface area (Å²) in [4.78, 5) is 14.8. The molecule has 21 heavy (non-hydrogen) atoms. The Hall–Kier alpha value is -2.16. The Morgan fingerprint density at radius 3 is 2.76 bits per heavy atom. The first kappa shape index (κ1) is 15.2. The van der Waals surface area contributed by atoms with E-state index in [-0.39, 0.29) is 18.3 Å². The zero-order chi connectivity index (χ0) is 15.2. The topological polar surface area (TPSA) is 40.5 Å². The summed E-state index contributed by atoms with van der Waals surface area (Å²) in [7, 11) is 1.70. The zero-order valence-corrected chi connectivity index (χ0v) is 12.3. The third-order valence-corrected chi connectivity index (χ3v) is 3.72. The fourth-order valence-corrected chi connectivity index (χ4v) is 2.66. The van der Waals surface area contributed by atoms with Crippen LogP contribution < -0.4 is 0 Å². The van der Waals surface area contributed by atoms with Crippen LogP contribution in [0.5, 0.6) is 0 Å². The van der Waals surface area contributed by atoms with Gasteiger partial charge in [-0.2, -0.15) is 0 Å². The number of hydrogen-bond donors (Lipinski definition) is 1. The molecule has 1 aromatic carbocycles. The lowest BCUT2D eigenvalue weighted by atomic mass is 10.2. The van der Waals surface area contributed by atoms with Crippen molar-refractivity contribution in [2.45, 2.75) is 6.54 Å². The van der Waals surface area contributed by atoms with E-state index in [9.17, 15) is 9.18 Å². The van der Waals surface area contributed by atoms with E-state index < -0.39 is 0 Å². The molecule has 1 aromatic heterocycles. The molecular formula is C16H14FNO2S. The van der Waals surface area contributed by atoms with Gasteiger partial charge < -0.3 is 10.0 Å². The number of aliphatic hydroxyl groups is 1. The van der Waals surface area contributed by atoms with E-state index in [2.05, 4.69) is 11.8 Å². The number of benzene rings is 1. The summed E-state index contributed by atoms with van der Waals surface area (Å²) in [5, 5.41) is 10.5. The van der Waals surface area contributed by atoms with Crippen LogP contribution in [0.3, 0.4) is 0 Å². The largest absolute Gasteiger partial charge is 0.384 e. The van der Waals surface area contributed by atoms with E-state index in [0.29, 0.717) is 12.1 Å². The van der Waals surface area contributed by atoms with Crippen LogP contribution in [-0.2, 0) is 6.54 Å². The van der Waals surface area contributed by atoms with Crippen molar-refractivity contribution in [3.05, 3.63) is 57.5 Å². The molecule has 0 bridgehead atoms. The summed E-state index contributed by atoms with van der Waals surface area (Å²) in [5.74, 6) is 4.88. The number of halogens is 1. The molecule has 2 rings (SSSR count). The number of carbonyl (C=O) groups is 1. The lowest BCUT2D eigenvalue weighted by Crippen LogP contribution is -2.25. The van der Waals surface area contributed by atoms with E-state index in [0.717, 1.165) is 10.4 Å². The maximum Gasteiger partial charge on any atom is 0.253 e. The molecule has 1 N–H and O–H groups in total. The minimum absolute atomic E-state index is 0.161. The van der Waals surface area contributed by atoms with Crippen molar-refractivity contribution in [3.8, 4) is 11.8 Å². The minimum atomic E-state index is -0.362. The molecule has 0 unspecified atom stereocenters. The van der Waals surface area contributed by atoms with Gasteiger partial charge >= 0.3 is 0 Å². The molecular weight excluding hydrogens is 289 g/mol. The maximum atomic E-state index is 12.8. The first-order chi connectivity index (χ1) is 10.1. The third kappa shape index (κ3) is 4.15. The third-order valence-electron chi connectivity index (χ3n) is 2.80. The molecule has 0 radical (unpaired) electrons. The van der Waals surface area contributed by atoms with Crippen molar-refractivity contribution in [1.82, 2.24) is 4.90 Å². The van der Waals surface area contributed by atoms with E-state index in [1.165, 1.54) is 35.6 Å². The lowest BCUT2D eigenvalue weighted by Gasteiger charge is -2.16. The molecule has 1 amide bonds. The molecule has 0 aliphatic rings. The molecule has 2 aromatic rings. The number of amides is 1. The summed E-state index contributed by atoms with van der Waals surface area (Å²) < 4.78 is 12.8. The highest BCUT2D eigenvalue weighted by Gasteiger charge is 2.12. The van der Waals surface area contributed by atoms with E-state index in [1.807, 2.05) is 11.4 Å². The quantitative estimate of drug-likeness (QED) is 0.885. The van der Waals surface area contributed by atoms with Crippen molar-refractivity contribution in [3.63, 3.8) is 0 Å². The normalized spacial score (nSPS) is 9.86. The zero-order valence-electron chi connectivity index (χ0n) is 11.5. The van der Waals surface area contributed by atoms with Gasteiger partial charge in [0.25, 0.3) is 5.91 Å². The Labute approximate surface area is 126 Å². The highest BCUT2D eigenvalue weighted by Crippen LogP contribution is 2.17. The minimum Gasteiger partial charge on any atom is -0.384 e. The number of rotatable bonds is 3. The van der Waals surface area contributed by atoms with E-state index >= 15 is 0 Å². The molecule has 0 spiro atoms. The van der Waals surface area contributed by atoms with Crippen LogP contribution in [-0.4, -0.2) is 29.6 Å². The Morgan fingerprint density at radius 2 is 2.10 bits per heavy atom. The van der Waals surface area contributed by atoms with E-state index in [1.54, 1.807) is 11.9 Å². The van der Waals surface area contributed by atoms with Gasteiger partial charge in [-0.1, -0.05) is 11.8 Å². The van der Waals surface area contributed by atoms with E-state index in [4.69, 9.17) is 5.11 Å². The average Bonchev–Trinajstić information content (AvgIpc) is 2.92. The molecule has 1 heterocycles. The average molecular weight is 303 g/mol. The standard InChI is InChI=1S/C16H14FNO2S/c1-18(16(20)13-4-6-14(17)7-5-13)10-15-9-12(11-21-15)3-2-8-19/h4-7,9,11,19H,8,10H2,1H3. The summed E-state index contributed by atoms with van der Waals surface area (Å²) in [5.41, 5.74) is 1.28. The van der Waals surface area contributed by atoms with Crippen LogP contribution in [0.4, 0.5) is 4.39 Å². The predicted octanol–water partition coefficient (Wildman–Crippen LogP) is 2.50. The number of nitrogens with zero attached hydrogens (tertiary/aromatic N) is 1. The first-order valence-electron chi connectivity index (χ1n) is 6.28. The summed E-state index contributed by atoms with van der Waals surface area (Å²) in [6.07, 6.45) is 0. The number of carbonyl (C=O) groups excluding carboxylic acids is 1. The number of aliphatic hydroxyl groups excluding tert-OH is 1. The monoisotopic (exact) mass is 303 g/mol. The van der Waals surface area contributed by atoms with Gasteiger partial charge in [0.15, 0.2) is 0 Å². The Balaban J connectivity index is 2.03. The summed E-state index contributed by atoms with van der Waals surface area (Å²) in [6, 6.07) is 7.38. The van der Waals surface area contributed by atoms with Crippen LogP contribution in [0.2, 0.25) is 0 Å². The van der Waals surface area contributed by atoms with Crippen LogP contribution >= 0.6 is 11.3 Å². The van der Waals surface area contributed by atoms with Gasteiger partial charge in [0.1, 0.15) is 12.4 Å². The van der Waals surface area contributed by atoms with Gasteiger partial charge in [0, 0.05) is 28.4 Å². The van der Waals surface area contributed by atoms with Crippen LogP contribution in [0.1, 0.15) is 20.8 Å². The van der Waals surface area contributed by atoms with Crippen molar-refractivity contribution >= 4 is 17.2 Å². The maximum absolute atomic E-state index is 12.8. The summed E-state index contributed by atoms with van der Waals surface area (Å²) >= 11 is 1.51. The fraction of sp³-hybridized carbons (Fsp3) is 0.188. The molecule has 0 saturated carbocycles. The molecule has 0 atom stereocenters. The van der Waals surface area contributed by atoms with Crippen molar-refractivity contribution in [1.29, 1.82) is 0 Å². The van der Waals surface area contributed by atoms with Crippen LogP contribution in [0.15, 0.2) is 35.7 Å². The SMILES string of the molecule is CN(Cc1cc(C#CCO)cs1)C(=O)c1ccc(F)cc1. The second kappa shape index (κ2) is 7.02. The molecule has 108 valence electrons. The van der Waals surface area contributed by atoms with Gasteiger partial charge in [0.2, 0.25) is 0 Å². The van der Waals surface area contributed by atoms with Crippen molar-refractivity contribution in [2.75, 3.05) is 13.7 Å². The Morgan fingerprint density at radius 1 is 1.38 bits per heavy atom. The molecule has 5 heteroatoms. The molecule has 0 aliphatic carbocycles. The highest BCUT2D eigenvalue weighted by molar-refractivity contribution is 7.10. The molecule has 0 saturated heterocycles. The van der Waals surface area contributed by atoms with Gasteiger partial charge in [-0.15, -0.1) is 11.3 Å². The van der Waals surface area contributed by atoms with Gasteiger partial charge in [-0.3, -0.25) is 4.79 Å². The number of hydrogen-bond acceptors (Lipinski definition) is 3. The van der Waals surface area contributed by atoms with Crippen molar-refractivity contribution < 1.29 is 14.3 Å². The van der Waals surface area contributed by atoms with Crippen molar-refractivity contribution in [2.24, 2.45) is 0 Å². The van der Waals surface area contributed by atoms with Crippen LogP contribution in [0.25, 0.3) is 0 Å². The van der Waals surface area contributed by atoms with Gasteiger partial charge in [0.05, 0.1) is 6.54 Å². The van der Waals surface area contributed by atoms with Crippen LogP contribution in [0, 0.1) is 17.7 Å². The predicted molar refractivity (Wildman–Crippen MR) is 80.5 cm³/mol. The highest BCUT2D eigenvalue weighted by atomic mass is 32.1. The van der Waals surface area contributed by atoms with Gasteiger partial charge in [-0.05, 0) is 30.3 Å². The summed E-state index contributed by atoms with van der Waals surface area (Å²) in [6.45, 7) is 0.288. The first-order valence-corrected chi connectivity index (χ1v) is 7.16. The smallest absolute Gasteiger partial charge is 0.253 e.